The molecule has 1 aromatic heterocycles. The highest BCUT2D eigenvalue weighted by atomic mass is 32.1. The third kappa shape index (κ3) is 3.01. The number of benzene rings is 1. The minimum Gasteiger partial charge on any atom is -0.384 e. The van der Waals surface area contributed by atoms with E-state index >= 15 is 0 Å². The van der Waals surface area contributed by atoms with Gasteiger partial charge in [0.05, 0.1) is 6.61 Å². The number of fused-ring (bicyclic) bond motifs is 1. The van der Waals surface area contributed by atoms with Crippen molar-refractivity contribution in [2.24, 2.45) is 0 Å². The van der Waals surface area contributed by atoms with Crippen molar-refractivity contribution in [2.75, 3.05) is 25.2 Å². The highest BCUT2D eigenvalue weighted by molar-refractivity contribution is 7.09. The van der Waals surface area contributed by atoms with Gasteiger partial charge in [0.2, 0.25) is 5.13 Å². The first-order chi connectivity index (χ1) is 10.5. The Morgan fingerprint density at radius 3 is 2.86 bits per heavy atom. The highest BCUT2D eigenvalue weighted by Crippen LogP contribution is 2.37. The normalized spacial score (nSPS) is 14.5. The van der Waals surface area contributed by atoms with Crippen LogP contribution in [0, 0.1) is 0 Å². The molecular formula is C17H23N3OS. The van der Waals surface area contributed by atoms with E-state index in [9.17, 15) is 0 Å². The van der Waals surface area contributed by atoms with E-state index in [-0.39, 0.29) is 5.41 Å². The molecule has 0 saturated carbocycles. The van der Waals surface area contributed by atoms with Gasteiger partial charge >= 0.3 is 0 Å². The third-order valence-electron chi connectivity index (χ3n) is 4.06. The second-order valence-electron chi connectivity index (χ2n) is 6.73. The number of aromatic nitrogens is 2. The Balaban J connectivity index is 1.83. The summed E-state index contributed by atoms with van der Waals surface area (Å²) in [4.78, 5) is 6.94. The van der Waals surface area contributed by atoms with Crippen molar-refractivity contribution in [1.29, 1.82) is 0 Å². The van der Waals surface area contributed by atoms with Gasteiger partial charge in [0, 0.05) is 37.3 Å². The van der Waals surface area contributed by atoms with Crippen LogP contribution in [0.15, 0.2) is 18.2 Å². The fourth-order valence-corrected chi connectivity index (χ4v) is 3.47. The Morgan fingerprint density at radius 1 is 1.32 bits per heavy atom. The molecule has 118 valence electrons. The Kier molecular flexibility index (Phi) is 4.19. The van der Waals surface area contributed by atoms with Gasteiger partial charge in [0.15, 0.2) is 0 Å². The molecule has 0 unspecified atom stereocenters. The lowest BCUT2D eigenvalue weighted by Gasteiger charge is -2.21. The molecule has 3 rings (SSSR count). The van der Waals surface area contributed by atoms with Crippen molar-refractivity contribution in [3.8, 4) is 0 Å². The predicted molar refractivity (Wildman–Crippen MR) is 91.3 cm³/mol. The van der Waals surface area contributed by atoms with Crippen LogP contribution in [0.3, 0.4) is 0 Å². The van der Waals surface area contributed by atoms with Gasteiger partial charge in [0.25, 0.3) is 0 Å². The van der Waals surface area contributed by atoms with E-state index in [0.717, 1.165) is 30.3 Å². The van der Waals surface area contributed by atoms with E-state index in [1.54, 1.807) is 7.11 Å². The van der Waals surface area contributed by atoms with Gasteiger partial charge in [-0.05, 0) is 29.0 Å². The molecule has 1 aliphatic rings. The lowest BCUT2D eigenvalue weighted by molar-refractivity contribution is 0.201. The molecule has 0 fully saturated rings. The van der Waals surface area contributed by atoms with Gasteiger partial charge in [-0.1, -0.05) is 32.9 Å². The molecular weight excluding hydrogens is 294 g/mol. The molecule has 1 aliphatic heterocycles. The Morgan fingerprint density at radius 2 is 2.14 bits per heavy atom. The topological polar surface area (TPSA) is 38.2 Å². The third-order valence-corrected chi connectivity index (χ3v) is 4.84. The van der Waals surface area contributed by atoms with Crippen molar-refractivity contribution in [3.05, 3.63) is 35.2 Å². The molecule has 5 heteroatoms. The van der Waals surface area contributed by atoms with E-state index in [0.29, 0.717) is 6.61 Å². The van der Waals surface area contributed by atoms with Gasteiger partial charge in [0.1, 0.15) is 5.82 Å². The molecule has 22 heavy (non-hydrogen) atoms. The molecule has 0 saturated heterocycles. The second kappa shape index (κ2) is 5.97. The van der Waals surface area contributed by atoms with Crippen LogP contribution in [0.4, 0.5) is 10.8 Å². The predicted octanol–water partition coefficient (Wildman–Crippen LogP) is 3.72. The lowest BCUT2D eigenvalue weighted by Crippen LogP contribution is -2.13. The maximum absolute atomic E-state index is 5.09. The van der Waals surface area contributed by atoms with Crippen molar-refractivity contribution in [1.82, 2.24) is 9.36 Å². The molecule has 0 radical (unpaired) electrons. The largest absolute Gasteiger partial charge is 0.384 e. The van der Waals surface area contributed by atoms with E-state index < -0.39 is 0 Å². The van der Waals surface area contributed by atoms with Gasteiger partial charge in [-0.15, -0.1) is 0 Å². The summed E-state index contributed by atoms with van der Waals surface area (Å²) in [6.45, 7) is 8.43. The van der Waals surface area contributed by atoms with E-state index in [1.165, 1.54) is 28.3 Å². The Labute approximate surface area is 136 Å². The number of hydrogen-bond donors (Lipinski definition) is 0. The smallest absolute Gasteiger partial charge is 0.209 e. The van der Waals surface area contributed by atoms with E-state index in [1.807, 2.05) is 0 Å². The number of methoxy groups -OCH3 is 1. The number of rotatable bonds is 4. The van der Waals surface area contributed by atoms with Gasteiger partial charge in [-0.25, -0.2) is 4.98 Å². The standard InChI is InChI=1S/C17H23N3OS/c1-17(2,3)13-5-6-14-12(11-13)7-9-20(14)16-18-15(19-22-16)8-10-21-4/h5-6,11H,7-10H2,1-4H3. The average molecular weight is 317 g/mol. The molecule has 0 N–H and O–H groups in total. The average Bonchev–Trinajstić information content (AvgIpc) is 3.09. The summed E-state index contributed by atoms with van der Waals surface area (Å²) in [5, 5.41) is 0.994. The maximum atomic E-state index is 5.09. The molecule has 2 aromatic rings. The molecule has 0 aliphatic carbocycles. The summed E-state index contributed by atoms with van der Waals surface area (Å²) in [6, 6.07) is 6.82. The van der Waals surface area contributed by atoms with Crippen LogP contribution < -0.4 is 4.90 Å². The van der Waals surface area contributed by atoms with E-state index in [4.69, 9.17) is 4.74 Å². The van der Waals surface area contributed by atoms with Crippen LogP contribution in [0.25, 0.3) is 0 Å². The fraction of sp³-hybridized carbons (Fsp3) is 0.529. The first kappa shape index (κ1) is 15.4. The molecule has 0 atom stereocenters. The summed E-state index contributed by atoms with van der Waals surface area (Å²) in [5.74, 6) is 0.876. The zero-order chi connectivity index (χ0) is 15.7. The van der Waals surface area contributed by atoms with E-state index in [2.05, 4.69) is 53.2 Å². The van der Waals surface area contributed by atoms with Crippen molar-refractivity contribution in [3.63, 3.8) is 0 Å². The summed E-state index contributed by atoms with van der Waals surface area (Å²) in [5.41, 5.74) is 4.29. The fourth-order valence-electron chi connectivity index (χ4n) is 2.72. The molecule has 0 spiro atoms. The van der Waals surface area contributed by atoms with Crippen LogP contribution in [0.2, 0.25) is 0 Å². The monoisotopic (exact) mass is 317 g/mol. The molecule has 4 nitrogen and oxygen atoms in total. The molecule has 0 amide bonds. The number of ether oxygens (including phenoxy) is 1. The van der Waals surface area contributed by atoms with Gasteiger partial charge in [-0.3, -0.25) is 0 Å². The maximum Gasteiger partial charge on any atom is 0.209 e. The zero-order valence-corrected chi connectivity index (χ0v) is 14.5. The van der Waals surface area contributed by atoms with Crippen LogP contribution in [-0.2, 0) is 23.0 Å². The molecule has 1 aromatic carbocycles. The zero-order valence-electron chi connectivity index (χ0n) is 13.7. The quantitative estimate of drug-likeness (QED) is 0.861. The first-order valence-electron chi connectivity index (χ1n) is 7.71. The summed E-state index contributed by atoms with van der Waals surface area (Å²) in [6.07, 6.45) is 1.85. The van der Waals surface area contributed by atoms with Crippen molar-refractivity contribution < 1.29 is 4.74 Å². The van der Waals surface area contributed by atoms with Crippen molar-refractivity contribution in [2.45, 2.75) is 39.0 Å². The minimum absolute atomic E-state index is 0.193. The minimum atomic E-state index is 0.193. The number of nitrogens with zero attached hydrogens (tertiary/aromatic N) is 3. The highest BCUT2D eigenvalue weighted by Gasteiger charge is 2.25. The van der Waals surface area contributed by atoms with Crippen molar-refractivity contribution >= 4 is 22.4 Å². The molecule has 2 heterocycles. The summed E-state index contributed by atoms with van der Waals surface area (Å²) < 4.78 is 9.53. The second-order valence-corrected chi connectivity index (χ2v) is 7.46. The van der Waals surface area contributed by atoms with Gasteiger partial charge in [-0.2, -0.15) is 4.37 Å². The summed E-state index contributed by atoms with van der Waals surface area (Å²) >= 11 is 1.48. The Hall–Kier alpha value is -1.46. The SMILES string of the molecule is COCCc1nsc(N2CCc3cc(C(C)(C)C)ccc32)n1. The summed E-state index contributed by atoms with van der Waals surface area (Å²) in [7, 11) is 1.71. The van der Waals surface area contributed by atoms with Crippen LogP contribution >= 0.6 is 11.5 Å². The first-order valence-corrected chi connectivity index (χ1v) is 8.49. The number of hydrogen-bond acceptors (Lipinski definition) is 5. The van der Waals surface area contributed by atoms with Crippen LogP contribution in [-0.4, -0.2) is 29.6 Å². The Bertz CT molecular complexity index is 660. The number of anilines is 2. The van der Waals surface area contributed by atoms with Crippen LogP contribution in [0.1, 0.15) is 37.7 Å². The van der Waals surface area contributed by atoms with Crippen LogP contribution in [0.5, 0.6) is 0 Å². The lowest BCUT2D eigenvalue weighted by atomic mass is 9.86. The molecule has 0 bridgehead atoms. The van der Waals surface area contributed by atoms with Gasteiger partial charge < -0.3 is 9.64 Å².